The van der Waals surface area contributed by atoms with E-state index in [-0.39, 0.29) is 12.5 Å². The van der Waals surface area contributed by atoms with Crippen molar-refractivity contribution < 1.29 is 23.6 Å². The van der Waals surface area contributed by atoms with Gasteiger partial charge in [0.15, 0.2) is 0 Å². The SMILES string of the molecule is CC(=O)Nc1ncc(B2OC(C)(C)C(C)(C)O2)cc1COC(C)=O. The molecule has 7 nitrogen and oxygen atoms in total. The third kappa shape index (κ3) is 3.94. The summed E-state index contributed by atoms with van der Waals surface area (Å²) in [6.45, 7) is 10.6. The van der Waals surface area contributed by atoms with Gasteiger partial charge in [-0.15, -0.1) is 0 Å². The van der Waals surface area contributed by atoms with Crippen LogP contribution < -0.4 is 10.8 Å². The molecular formula is C16H23BN2O5. The van der Waals surface area contributed by atoms with E-state index in [1.165, 1.54) is 13.8 Å². The third-order valence-electron chi connectivity index (χ3n) is 4.24. The molecule has 1 amide bonds. The Balaban J connectivity index is 2.30. The molecule has 0 unspecified atom stereocenters. The maximum atomic E-state index is 11.3. The normalized spacial score (nSPS) is 18.3. The summed E-state index contributed by atoms with van der Waals surface area (Å²) in [6, 6.07) is 1.77. The Morgan fingerprint density at radius 1 is 1.21 bits per heavy atom. The zero-order chi connectivity index (χ0) is 18.1. The number of aromatic nitrogens is 1. The number of rotatable bonds is 4. The molecule has 0 aromatic carbocycles. The van der Waals surface area contributed by atoms with Crippen LogP contribution in [0.25, 0.3) is 0 Å². The molecule has 1 N–H and O–H groups in total. The van der Waals surface area contributed by atoms with E-state index in [1.807, 2.05) is 27.7 Å². The highest BCUT2D eigenvalue weighted by Crippen LogP contribution is 2.36. The number of carbonyl (C=O) groups is 2. The highest BCUT2D eigenvalue weighted by Gasteiger charge is 2.51. The molecule has 0 radical (unpaired) electrons. The van der Waals surface area contributed by atoms with Crippen LogP contribution in [0, 0.1) is 0 Å². The zero-order valence-electron chi connectivity index (χ0n) is 14.9. The highest BCUT2D eigenvalue weighted by atomic mass is 16.7. The van der Waals surface area contributed by atoms with Crippen molar-refractivity contribution in [1.29, 1.82) is 0 Å². The maximum absolute atomic E-state index is 11.3. The number of hydrogen-bond donors (Lipinski definition) is 1. The second kappa shape index (κ2) is 6.53. The Kier molecular flexibility index (Phi) is 5.01. The molecule has 1 saturated heterocycles. The van der Waals surface area contributed by atoms with Crippen molar-refractivity contribution in [1.82, 2.24) is 4.98 Å². The van der Waals surface area contributed by atoms with Crippen LogP contribution in [0.3, 0.4) is 0 Å². The number of carbonyl (C=O) groups excluding carboxylic acids is 2. The van der Waals surface area contributed by atoms with Crippen LogP contribution >= 0.6 is 0 Å². The molecule has 8 heteroatoms. The van der Waals surface area contributed by atoms with Crippen molar-refractivity contribution in [3.63, 3.8) is 0 Å². The van der Waals surface area contributed by atoms with Crippen molar-refractivity contribution in [2.45, 2.75) is 59.4 Å². The van der Waals surface area contributed by atoms with Gasteiger partial charge in [0.25, 0.3) is 0 Å². The number of hydrogen-bond acceptors (Lipinski definition) is 6. The zero-order valence-corrected chi connectivity index (χ0v) is 14.9. The van der Waals surface area contributed by atoms with Gasteiger partial charge in [-0.2, -0.15) is 0 Å². The monoisotopic (exact) mass is 334 g/mol. The van der Waals surface area contributed by atoms with Crippen molar-refractivity contribution in [3.05, 3.63) is 17.8 Å². The minimum absolute atomic E-state index is 0.00525. The van der Waals surface area contributed by atoms with Gasteiger partial charge in [-0.25, -0.2) is 4.98 Å². The molecule has 0 aliphatic carbocycles. The number of nitrogens with zero attached hydrogens (tertiary/aromatic N) is 1. The number of anilines is 1. The molecule has 0 atom stereocenters. The van der Waals surface area contributed by atoms with Crippen LogP contribution in [-0.4, -0.2) is 35.2 Å². The topological polar surface area (TPSA) is 86.8 Å². The van der Waals surface area contributed by atoms with E-state index in [0.717, 1.165) is 0 Å². The third-order valence-corrected chi connectivity index (χ3v) is 4.24. The van der Waals surface area contributed by atoms with Gasteiger partial charge in [-0.1, -0.05) is 6.07 Å². The summed E-state index contributed by atoms with van der Waals surface area (Å²) in [7, 11) is -0.579. The Bertz CT molecular complexity index is 644. The fraction of sp³-hybridized carbons (Fsp3) is 0.562. The molecule has 1 aromatic heterocycles. The minimum Gasteiger partial charge on any atom is -0.461 e. The lowest BCUT2D eigenvalue weighted by molar-refractivity contribution is -0.142. The van der Waals surface area contributed by atoms with Crippen molar-refractivity contribution in [2.75, 3.05) is 5.32 Å². The summed E-state index contributed by atoms with van der Waals surface area (Å²) in [5.41, 5.74) is 0.339. The van der Waals surface area contributed by atoms with Gasteiger partial charge in [0.2, 0.25) is 5.91 Å². The molecule has 1 aliphatic heterocycles. The van der Waals surface area contributed by atoms with E-state index in [1.54, 1.807) is 12.3 Å². The van der Waals surface area contributed by atoms with Crippen LogP contribution in [0.5, 0.6) is 0 Å². The fourth-order valence-corrected chi connectivity index (χ4v) is 2.21. The summed E-state index contributed by atoms with van der Waals surface area (Å²) in [5.74, 6) is -0.316. The van der Waals surface area contributed by atoms with Gasteiger partial charge >= 0.3 is 13.1 Å². The second-order valence-corrected chi connectivity index (χ2v) is 6.83. The molecule has 1 aliphatic rings. The van der Waals surface area contributed by atoms with Crippen molar-refractivity contribution in [3.8, 4) is 0 Å². The molecular weight excluding hydrogens is 311 g/mol. The average Bonchev–Trinajstić information content (AvgIpc) is 2.65. The predicted octanol–water partition coefficient (Wildman–Crippen LogP) is 1.40. The first-order valence-corrected chi connectivity index (χ1v) is 7.77. The molecule has 2 heterocycles. The Hall–Kier alpha value is -1.93. The number of nitrogens with one attached hydrogen (secondary N) is 1. The molecule has 0 spiro atoms. The molecule has 0 bridgehead atoms. The number of amides is 1. The van der Waals surface area contributed by atoms with E-state index in [9.17, 15) is 9.59 Å². The highest BCUT2D eigenvalue weighted by molar-refractivity contribution is 6.62. The summed E-state index contributed by atoms with van der Waals surface area (Å²) >= 11 is 0. The fourth-order valence-electron chi connectivity index (χ4n) is 2.21. The van der Waals surface area contributed by atoms with Gasteiger partial charge in [0.1, 0.15) is 12.4 Å². The molecule has 130 valence electrons. The summed E-state index contributed by atoms with van der Waals surface area (Å²) < 4.78 is 17.0. The number of esters is 1. The molecule has 24 heavy (non-hydrogen) atoms. The first-order chi connectivity index (χ1) is 11.0. The predicted molar refractivity (Wildman–Crippen MR) is 89.7 cm³/mol. The van der Waals surface area contributed by atoms with Crippen LogP contribution in [0.4, 0.5) is 5.82 Å². The lowest BCUT2D eigenvalue weighted by atomic mass is 9.79. The first kappa shape index (κ1) is 18.4. The Morgan fingerprint density at radius 3 is 2.29 bits per heavy atom. The smallest absolute Gasteiger partial charge is 0.461 e. The molecule has 1 aromatic rings. The van der Waals surface area contributed by atoms with E-state index >= 15 is 0 Å². The maximum Gasteiger partial charge on any atom is 0.496 e. The number of pyridine rings is 1. The average molecular weight is 334 g/mol. The molecule has 2 rings (SSSR count). The summed E-state index contributed by atoms with van der Waals surface area (Å²) in [4.78, 5) is 26.6. The largest absolute Gasteiger partial charge is 0.496 e. The summed E-state index contributed by atoms with van der Waals surface area (Å²) in [6.07, 6.45) is 1.59. The van der Waals surface area contributed by atoms with Gasteiger partial charge in [0.05, 0.1) is 11.2 Å². The minimum atomic E-state index is -0.579. The quantitative estimate of drug-likeness (QED) is 0.662. The van der Waals surface area contributed by atoms with Gasteiger partial charge in [-0.3, -0.25) is 9.59 Å². The first-order valence-electron chi connectivity index (χ1n) is 7.77. The van der Waals surface area contributed by atoms with Gasteiger partial charge in [0, 0.05) is 31.1 Å². The van der Waals surface area contributed by atoms with Crippen LogP contribution in [0.1, 0.15) is 47.1 Å². The van der Waals surface area contributed by atoms with Gasteiger partial charge < -0.3 is 19.4 Å². The van der Waals surface area contributed by atoms with E-state index < -0.39 is 24.3 Å². The van der Waals surface area contributed by atoms with Crippen molar-refractivity contribution >= 4 is 30.3 Å². The Labute approximate surface area is 142 Å². The van der Waals surface area contributed by atoms with Crippen LogP contribution in [0.15, 0.2) is 12.3 Å². The number of ether oxygens (including phenoxy) is 1. The molecule has 1 fully saturated rings. The standard InChI is InChI=1S/C16H23BN2O5/c1-10(20)19-14-12(9-22-11(2)21)7-13(8-18-14)17-23-15(3,4)16(5,6)24-17/h7-8H,9H2,1-6H3,(H,18,19,20). The van der Waals surface area contributed by atoms with Crippen molar-refractivity contribution in [2.24, 2.45) is 0 Å². The van der Waals surface area contributed by atoms with Gasteiger partial charge in [-0.05, 0) is 27.7 Å². The Morgan fingerprint density at radius 2 is 1.79 bits per heavy atom. The van der Waals surface area contributed by atoms with E-state index in [0.29, 0.717) is 16.8 Å². The van der Waals surface area contributed by atoms with E-state index in [4.69, 9.17) is 14.0 Å². The summed E-state index contributed by atoms with van der Waals surface area (Å²) in [5, 5.41) is 2.62. The lowest BCUT2D eigenvalue weighted by Crippen LogP contribution is -2.41. The lowest BCUT2D eigenvalue weighted by Gasteiger charge is -2.32. The van der Waals surface area contributed by atoms with Crippen LogP contribution in [0.2, 0.25) is 0 Å². The molecule has 0 saturated carbocycles. The van der Waals surface area contributed by atoms with Crippen LogP contribution in [-0.2, 0) is 30.2 Å². The van der Waals surface area contributed by atoms with E-state index in [2.05, 4.69) is 10.3 Å². The second-order valence-electron chi connectivity index (χ2n) is 6.83.